The smallest absolute Gasteiger partial charge is 0.200 e. The van der Waals surface area contributed by atoms with Crippen LogP contribution < -0.4 is 30.3 Å². The molecule has 7 aromatic rings. The Hall–Kier alpha value is -5.28. The molecular formula is C43H29NO2PS+. The number of hydrogen-bond donors (Lipinski definition) is 1. The summed E-state index contributed by atoms with van der Waals surface area (Å²) in [6, 6.07) is 53.6. The lowest BCUT2D eigenvalue weighted by atomic mass is 10.0. The first-order chi connectivity index (χ1) is 23.6. The SMILES string of the molecule is Cc1ccc(N2c3ccc(-c4ccccc4)c4c3[P+]3(S)c5c(cc(-c6ccccc6)cc5Oc5c(-c6ccccc6)ccc2c53)O4)cc1. The minimum atomic E-state index is -2.61. The summed E-state index contributed by atoms with van der Waals surface area (Å²) >= 11 is 5.95. The number of anilines is 3. The second kappa shape index (κ2) is 10.4. The molecule has 0 atom stereocenters. The van der Waals surface area contributed by atoms with Crippen LogP contribution in [-0.2, 0) is 0 Å². The maximum atomic E-state index is 7.15. The molecule has 0 spiro atoms. The molecule has 0 saturated heterocycles. The Balaban J connectivity index is 1.35. The van der Waals surface area contributed by atoms with E-state index < -0.39 is 6.46 Å². The van der Waals surface area contributed by atoms with Gasteiger partial charge in [-0.15, -0.1) is 0 Å². The van der Waals surface area contributed by atoms with Crippen molar-refractivity contribution in [1.82, 2.24) is 0 Å². The van der Waals surface area contributed by atoms with Crippen LogP contribution in [0.2, 0.25) is 0 Å². The standard InChI is InChI=1S/C43H29NO2PS/c1-27-17-19-32(20-18-27)44-35-23-21-33(29-13-7-3-8-14-29)39-41(35)47(48)42-36(44)24-22-34(30-15-9-4-10-16-30)40(42)46-38-26-31(25-37(45-39)43(38)47)28-11-5-2-6-12-28/h2-26,48H,1H3/q+1. The average molecular weight is 655 g/mol. The highest BCUT2D eigenvalue weighted by Gasteiger charge is 2.63. The normalized spacial score (nSPS) is 14.1. The Labute approximate surface area is 285 Å². The third kappa shape index (κ3) is 3.88. The van der Waals surface area contributed by atoms with Crippen molar-refractivity contribution in [3.05, 3.63) is 157 Å². The van der Waals surface area contributed by atoms with Gasteiger partial charge in [0.15, 0.2) is 40.1 Å². The molecule has 0 amide bonds. The zero-order chi connectivity index (χ0) is 32.0. The number of aryl methyl sites for hydroxylation is 1. The molecule has 7 aromatic carbocycles. The van der Waals surface area contributed by atoms with Gasteiger partial charge >= 0.3 is 0 Å². The van der Waals surface area contributed by atoms with E-state index in [0.717, 1.165) is 89.4 Å². The van der Waals surface area contributed by atoms with E-state index >= 15 is 0 Å². The molecule has 10 rings (SSSR count). The second-order valence-corrected chi connectivity index (χ2v) is 17.0. The fourth-order valence-corrected chi connectivity index (χ4v) is 12.7. The van der Waals surface area contributed by atoms with Gasteiger partial charge in [0.1, 0.15) is 0 Å². The molecule has 3 aliphatic heterocycles. The first kappa shape index (κ1) is 27.8. The Morgan fingerprint density at radius 1 is 0.479 bits per heavy atom. The van der Waals surface area contributed by atoms with Crippen LogP contribution in [-0.4, -0.2) is 0 Å². The van der Waals surface area contributed by atoms with E-state index in [9.17, 15) is 0 Å². The van der Waals surface area contributed by atoms with Crippen molar-refractivity contribution in [1.29, 1.82) is 0 Å². The molecule has 228 valence electrons. The van der Waals surface area contributed by atoms with Gasteiger partial charge in [-0.2, -0.15) is 0 Å². The van der Waals surface area contributed by atoms with E-state index in [1.54, 1.807) is 0 Å². The number of hydrogen-bond acceptors (Lipinski definition) is 4. The van der Waals surface area contributed by atoms with E-state index in [0.29, 0.717) is 0 Å². The minimum Gasteiger partial charge on any atom is -0.448 e. The molecule has 0 fully saturated rings. The average Bonchev–Trinajstić information content (AvgIpc) is 3.13. The number of rotatable bonds is 4. The van der Waals surface area contributed by atoms with Crippen molar-refractivity contribution in [2.75, 3.05) is 4.90 Å². The van der Waals surface area contributed by atoms with Crippen LogP contribution in [0.25, 0.3) is 33.4 Å². The molecule has 3 heterocycles. The third-order valence-corrected chi connectivity index (χ3v) is 14.8. The van der Waals surface area contributed by atoms with Gasteiger partial charge in [-0.3, -0.25) is 0 Å². The van der Waals surface area contributed by atoms with E-state index in [1.165, 1.54) is 5.56 Å². The van der Waals surface area contributed by atoms with Crippen LogP contribution in [0.15, 0.2) is 152 Å². The van der Waals surface area contributed by atoms with Crippen molar-refractivity contribution in [2.45, 2.75) is 6.92 Å². The van der Waals surface area contributed by atoms with Gasteiger partial charge < -0.3 is 14.4 Å². The maximum absolute atomic E-state index is 7.15. The van der Waals surface area contributed by atoms with Gasteiger partial charge in [0.05, 0.1) is 11.4 Å². The second-order valence-electron chi connectivity index (χ2n) is 12.5. The number of ether oxygens (including phenoxy) is 2. The van der Waals surface area contributed by atoms with Gasteiger partial charge in [-0.25, -0.2) is 0 Å². The summed E-state index contributed by atoms with van der Waals surface area (Å²) in [6.45, 7) is -0.479. The van der Waals surface area contributed by atoms with E-state index in [2.05, 4.69) is 157 Å². The molecule has 48 heavy (non-hydrogen) atoms. The zero-order valence-corrected chi connectivity index (χ0v) is 27.9. The van der Waals surface area contributed by atoms with Crippen LogP contribution >= 0.6 is 18.7 Å². The lowest BCUT2D eigenvalue weighted by Gasteiger charge is -2.43. The van der Waals surface area contributed by atoms with Gasteiger partial charge in [0.2, 0.25) is 5.30 Å². The predicted octanol–water partition coefficient (Wildman–Crippen LogP) is 11.1. The first-order valence-electron chi connectivity index (χ1n) is 16.1. The summed E-state index contributed by atoms with van der Waals surface area (Å²) in [5.41, 5.74) is 11.0. The highest BCUT2D eigenvalue weighted by molar-refractivity contribution is 8.61. The molecule has 0 unspecified atom stereocenters. The summed E-state index contributed by atoms with van der Waals surface area (Å²) in [7, 11) is 0. The van der Waals surface area contributed by atoms with Gasteiger partial charge in [-0.05, 0) is 77.7 Å². The summed E-state index contributed by atoms with van der Waals surface area (Å²) in [5, 5.41) is 3.32. The largest absolute Gasteiger partial charge is 0.448 e. The van der Waals surface area contributed by atoms with Gasteiger partial charge in [-0.1, -0.05) is 109 Å². The summed E-state index contributed by atoms with van der Waals surface area (Å²) in [5.74, 6) is 3.35. The van der Waals surface area contributed by atoms with Gasteiger partial charge in [0.25, 0.3) is 0 Å². The van der Waals surface area contributed by atoms with Crippen molar-refractivity contribution >= 4 is 51.7 Å². The van der Waals surface area contributed by atoms with Crippen LogP contribution in [0.1, 0.15) is 5.56 Å². The molecular weight excluding hydrogens is 626 g/mol. The molecule has 0 N–H and O–H groups in total. The molecule has 0 saturated carbocycles. The highest BCUT2D eigenvalue weighted by atomic mass is 32.7. The van der Waals surface area contributed by atoms with E-state index in [1.807, 2.05) is 6.07 Å². The molecule has 0 aliphatic carbocycles. The van der Waals surface area contributed by atoms with E-state index in [-0.39, 0.29) is 0 Å². The highest BCUT2D eigenvalue weighted by Crippen LogP contribution is 2.76. The van der Waals surface area contributed by atoms with Crippen molar-refractivity contribution in [3.8, 4) is 56.4 Å². The van der Waals surface area contributed by atoms with E-state index in [4.69, 9.17) is 21.7 Å². The zero-order valence-electron chi connectivity index (χ0n) is 26.1. The lowest BCUT2D eigenvalue weighted by Crippen LogP contribution is -2.44. The third-order valence-electron chi connectivity index (χ3n) is 9.71. The van der Waals surface area contributed by atoms with Crippen LogP contribution in [0, 0.1) is 6.92 Å². The fourth-order valence-electron chi connectivity index (χ4n) is 7.52. The lowest BCUT2D eigenvalue weighted by molar-refractivity contribution is 0.468. The van der Waals surface area contributed by atoms with Crippen LogP contribution in [0.4, 0.5) is 17.1 Å². The summed E-state index contributed by atoms with van der Waals surface area (Å²) in [4.78, 5) is 2.37. The van der Waals surface area contributed by atoms with Crippen LogP contribution in [0.3, 0.4) is 0 Å². The predicted molar refractivity (Wildman–Crippen MR) is 204 cm³/mol. The number of benzene rings is 7. The molecule has 3 nitrogen and oxygen atoms in total. The quantitative estimate of drug-likeness (QED) is 0.151. The molecule has 0 bridgehead atoms. The Morgan fingerprint density at radius 2 is 0.938 bits per heavy atom. The van der Waals surface area contributed by atoms with Crippen molar-refractivity contribution in [2.24, 2.45) is 0 Å². The van der Waals surface area contributed by atoms with Crippen molar-refractivity contribution < 1.29 is 9.47 Å². The Morgan fingerprint density at radius 3 is 1.42 bits per heavy atom. The number of nitrogens with zero attached hydrogens (tertiary/aromatic N) is 1. The molecule has 0 aromatic heterocycles. The maximum Gasteiger partial charge on any atom is 0.200 e. The minimum absolute atomic E-state index is 0.807. The molecule has 0 radical (unpaired) electrons. The summed E-state index contributed by atoms with van der Waals surface area (Å²) < 4.78 is 14.3. The Kier molecular flexibility index (Phi) is 6.00. The Bertz CT molecular complexity index is 2290. The van der Waals surface area contributed by atoms with Crippen molar-refractivity contribution in [3.63, 3.8) is 0 Å². The fraction of sp³-hybridized carbons (Fsp3) is 0.0233. The number of thiol groups is 1. The molecule has 5 heteroatoms. The monoisotopic (exact) mass is 654 g/mol. The molecule has 3 aliphatic rings. The van der Waals surface area contributed by atoms with Crippen LogP contribution in [0.5, 0.6) is 23.0 Å². The topological polar surface area (TPSA) is 21.7 Å². The van der Waals surface area contributed by atoms with Gasteiger partial charge in [0, 0.05) is 29.1 Å². The summed E-state index contributed by atoms with van der Waals surface area (Å²) in [6.07, 6.45) is 0. The first-order valence-corrected chi connectivity index (χ1v) is 19.1.